The SMILES string of the molecule is CC(C)CNc1ncnc2c1sc1nc(CC(C)C)c3c(c12)CCC3. The summed E-state index contributed by atoms with van der Waals surface area (Å²) in [4.78, 5) is 15.4. The molecule has 0 fully saturated rings. The van der Waals surface area contributed by atoms with Crippen molar-refractivity contribution in [3.8, 4) is 0 Å². The summed E-state index contributed by atoms with van der Waals surface area (Å²) in [5.41, 5.74) is 5.39. The minimum absolute atomic E-state index is 0.583. The van der Waals surface area contributed by atoms with Crippen LogP contribution in [0.5, 0.6) is 0 Å². The largest absolute Gasteiger partial charge is 0.369 e. The van der Waals surface area contributed by atoms with E-state index in [1.807, 2.05) is 0 Å². The molecule has 0 bridgehead atoms. The minimum atomic E-state index is 0.583. The summed E-state index contributed by atoms with van der Waals surface area (Å²) in [6.07, 6.45) is 6.32. The Morgan fingerprint density at radius 1 is 1.08 bits per heavy atom. The Hall–Kier alpha value is -1.75. The number of aromatic nitrogens is 3. The molecule has 132 valence electrons. The van der Waals surface area contributed by atoms with Gasteiger partial charge in [0.2, 0.25) is 0 Å². The molecular formula is C20H26N4S. The normalized spacial score (nSPS) is 14.2. The van der Waals surface area contributed by atoms with Crippen LogP contribution < -0.4 is 5.32 Å². The molecule has 4 nitrogen and oxygen atoms in total. The minimum Gasteiger partial charge on any atom is -0.369 e. The first-order valence-electron chi connectivity index (χ1n) is 9.36. The molecule has 0 aromatic carbocycles. The second-order valence-electron chi connectivity index (χ2n) is 7.92. The fourth-order valence-corrected chi connectivity index (χ4v) is 4.90. The van der Waals surface area contributed by atoms with Gasteiger partial charge in [-0.05, 0) is 48.6 Å². The van der Waals surface area contributed by atoms with Gasteiger partial charge in [-0.3, -0.25) is 0 Å². The predicted molar refractivity (Wildman–Crippen MR) is 107 cm³/mol. The molecule has 25 heavy (non-hydrogen) atoms. The monoisotopic (exact) mass is 354 g/mol. The van der Waals surface area contributed by atoms with E-state index >= 15 is 0 Å². The van der Waals surface area contributed by atoms with Gasteiger partial charge in [0.15, 0.2) is 0 Å². The molecule has 0 spiro atoms. The predicted octanol–water partition coefficient (Wildman–Crippen LogP) is 4.99. The Labute approximate surface area is 153 Å². The lowest BCUT2D eigenvalue weighted by Gasteiger charge is -2.11. The Kier molecular flexibility index (Phi) is 4.36. The highest BCUT2D eigenvalue weighted by Crippen LogP contribution is 2.41. The van der Waals surface area contributed by atoms with Crippen LogP contribution in [0.15, 0.2) is 6.33 Å². The first kappa shape index (κ1) is 16.7. The average molecular weight is 355 g/mol. The van der Waals surface area contributed by atoms with Crippen molar-refractivity contribution in [2.45, 2.75) is 53.4 Å². The van der Waals surface area contributed by atoms with Crippen LogP contribution in [0, 0.1) is 11.8 Å². The van der Waals surface area contributed by atoms with E-state index in [4.69, 9.17) is 4.98 Å². The number of nitrogens with one attached hydrogen (secondary N) is 1. The molecule has 0 amide bonds. The number of rotatable bonds is 5. The number of anilines is 1. The van der Waals surface area contributed by atoms with Crippen LogP contribution >= 0.6 is 11.3 Å². The van der Waals surface area contributed by atoms with Gasteiger partial charge < -0.3 is 5.32 Å². The maximum atomic E-state index is 5.08. The Balaban J connectivity index is 1.92. The standard InChI is InChI=1S/C20H26N4S/c1-11(2)8-15-13-6-5-7-14(13)16-17-18(25-20(16)24-15)19(23-10-22-17)21-9-12(3)4/h10-12H,5-9H2,1-4H3,(H,21,22,23). The molecule has 0 unspecified atom stereocenters. The lowest BCUT2D eigenvalue weighted by atomic mass is 9.99. The molecule has 1 N–H and O–H groups in total. The van der Waals surface area contributed by atoms with Gasteiger partial charge in [0, 0.05) is 17.6 Å². The van der Waals surface area contributed by atoms with E-state index in [1.54, 1.807) is 17.7 Å². The molecule has 5 heteroatoms. The summed E-state index contributed by atoms with van der Waals surface area (Å²) in [5.74, 6) is 2.17. The maximum absolute atomic E-state index is 5.08. The molecule has 0 saturated heterocycles. The van der Waals surface area contributed by atoms with Crippen LogP contribution in [0.1, 0.15) is 50.9 Å². The van der Waals surface area contributed by atoms with E-state index in [0.29, 0.717) is 11.8 Å². The number of thiophene rings is 1. The molecule has 0 radical (unpaired) electrons. The first-order valence-corrected chi connectivity index (χ1v) is 10.2. The summed E-state index contributed by atoms with van der Waals surface area (Å²) in [7, 11) is 0. The number of hydrogen-bond acceptors (Lipinski definition) is 5. The van der Waals surface area contributed by atoms with Gasteiger partial charge >= 0.3 is 0 Å². The summed E-state index contributed by atoms with van der Waals surface area (Å²) in [5, 5.41) is 4.78. The molecule has 0 aliphatic heterocycles. The number of fused-ring (bicyclic) bond motifs is 5. The Morgan fingerprint density at radius 3 is 2.64 bits per heavy atom. The number of aryl methyl sites for hydroxylation is 1. The van der Waals surface area contributed by atoms with Gasteiger partial charge in [0.05, 0.1) is 10.2 Å². The zero-order valence-corrected chi connectivity index (χ0v) is 16.3. The van der Waals surface area contributed by atoms with E-state index in [0.717, 1.165) is 40.3 Å². The molecule has 3 aromatic heterocycles. The summed E-state index contributed by atoms with van der Waals surface area (Å²) >= 11 is 1.75. The molecule has 0 atom stereocenters. The van der Waals surface area contributed by atoms with E-state index in [9.17, 15) is 0 Å². The third-order valence-corrected chi connectivity index (χ3v) is 5.92. The highest BCUT2D eigenvalue weighted by Gasteiger charge is 2.24. The molecule has 3 aromatic rings. The smallest absolute Gasteiger partial charge is 0.147 e. The molecule has 1 aliphatic rings. The molecule has 3 heterocycles. The second kappa shape index (κ2) is 6.52. The van der Waals surface area contributed by atoms with Crippen LogP contribution in [0.4, 0.5) is 5.82 Å². The van der Waals surface area contributed by atoms with Crippen LogP contribution in [-0.4, -0.2) is 21.5 Å². The van der Waals surface area contributed by atoms with Gasteiger partial charge in [0.1, 0.15) is 17.0 Å². The highest BCUT2D eigenvalue weighted by molar-refractivity contribution is 7.26. The van der Waals surface area contributed by atoms with Crippen molar-refractivity contribution in [1.29, 1.82) is 0 Å². The molecular weight excluding hydrogens is 328 g/mol. The first-order chi connectivity index (χ1) is 12.0. The van der Waals surface area contributed by atoms with Crippen molar-refractivity contribution in [2.24, 2.45) is 11.8 Å². The van der Waals surface area contributed by atoms with E-state index < -0.39 is 0 Å². The van der Waals surface area contributed by atoms with Crippen LogP contribution in [0.25, 0.3) is 20.4 Å². The third-order valence-electron chi connectivity index (χ3n) is 4.84. The topological polar surface area (TPSA) is 50.7 Å². The van der Waals surface area contributed by atoms with E-state index in [2.05, 4.69) is 43.0 Å². The zero-order valence-electron chi connectivity index (χ0n) is 15.5. The van der Waals surface area contributed by atoms with Crippen molar-refractivity contribution in [1.82, 2.24) is 15.0 Å². The average Bonchev–Trinajstić information content (AvgIpc) is 3.16. The maximum Gasteiger partial charge on any atom is 0.147 e. The molecule has 0 saturated carbocycles. The summed E-state index contributed by atoms with van der Waals surface area (Å²) in [6, 6.07) is 0. The second-order valence-corrected chi connectivity index (χ2v) is 8.92. The fraction of sp³-hybridized carbons (Fsp3) is 0.550. The van der Waals surface area contributed by atoms with Crippen molar-refractivity contribution in [3.05, 3.63) is 23.1 Å². The van der Waals surface area contributed by atoms with Crippen LogP contribution in [0.2, 0.25) is 0 Å². The lowest BCUT2D eigenvalue weighted by molar-refractivity contribution is 0.632. The zero-order chi connectivity index (χ0) is 17.6. The summed E-state index contributed by atoms with van der Waals surface area (Å²) in [6.45, 7) is 9.89. The molecule has 1 aliphatic carbocycles. The number of hydrogen-bond donors (Lipinski definition) is 1. The van der Waals surface area contributed by atoms with E-state index in [-0.39, 0.29) is 0 Å². The van der Waals surface area contributed by atoms with Crippen LogP contribution in [0.3, 0.4) is 0 Å². The molecule has 4 rings (SSSR count). The fourth-order valence-electron chi connectivity index (χ4n) is 3.76. The number of pyridine rings is 1. The van der Waals surface area contributed by atoms with E-state index in [1.165, 1.54) is 35.0 Å². The van der Waals surface area contributed by atoms with Gasteiger partial charge in [-0.1, -0.05) is 27.7 Å². The van der Waals surface area contributed by atoms with Crippen LogP contribution in [-0.2, 0) is 19.3 Å². The summed E-state index contributed by atoms with van der Waals surface area (Å²) < 4.78 is 1.15. The van der Waals surface area contributed by atoms with Crippen molar-refractivity contribution >= 4 is 37.6 Å². The van der Waals surface area contributed by atoms with Crippen molar-refractivity contribution in [3.63, 3.8) is 0 Å². The highest BCUT2D eigenvalue weighted by atomic mass is 32.1. The van der Waals surface area contributed by atoms with Crippen molar-refractivity contribution in [2.75, 3.05) is 11.9 Å². The van der Waals surface area contributed by atoms with Gasteiger partial charge in [-0.25, -0.2) is 15.0 Å². The van der Waals surface area contributed by atoms with Gasteiger partial charge in [-0.15, -0.1) is 11.3 Å². The lowest BCUT2D eigenvalue weighted by Crippen LogP contribution is -2.09. The number of nitrogens with zero attached hydrogens (tertiary/aromatic N) is 3. The Morgan fingerprint density at radius 2 is 1.88 bits per heavy atom. The Bertz CT molecular complexity index is 926. The van der Waals surface area contributed by atoms with Crippen molar-refractivity contribution < 1.29 is 0 Å². The third kappa shape index (κ3) is 2.99. The van der Waals surface area contributed by atoms with Gasteiger partial charge in [-0.2, -0.15) is 0 Å². The quantitative estimate of drug-likeness (QED) is 0.701. The van der Waals surface area contributed by atoms with Gasteiger partial charge in [0.25, 0.3) is 0 Å².